The Labute approximate surface area is 108 Å². The standard InChI is InChI=1S/C14H13F3O2/c1-19-11-5-4-10-3-2-6-13(9-18,12(10)7-11)8-14(15,16)17/h2,4-7,9H,3,8H2,1H3. The number of hydrogen-bond acceptors (Lipinski definition) is 2. The van der Waals surface area contributed by atoms with Gasteiger partial charge in [0.2, 0.25) is 0 Å². The van der Waals surface area contributed by atoms with Crippen molar-refractivity contribution < 1.29 is 22.7 Å². The van der Waals surface area contributed by atoms with E-state index in [1.165, 1.54) is 19.3 Å². The second-order valence-electron chi connectivity index (χ2n) is 4.58. The molecule has 0 aromatic heterocycles. The summed E-state index contributed by atoms with van der Waals surface area (Å²) in [6, 6.07) is 4.90. The number of allylic oxidation sites excluding steroid dienone is 2. The summed E-state index contributed by atoms with van der Waals surface area (Å²) in [5.41, 5.74) is -0.540. The number of benzene rings is 1. The van der Waals surface area contributed by atoms with Gasteiger partial charge < -0.3 is 9.53 Å². The van der Waals surface area contributed by atoms with Gasteiger partial charge in [0.1, 0.15) is 12.0 Å². The highest BCUT2D eigenvalue weighted by Gasteiger charge is 2.44. The van der Waals surface area contributed by atoms with Crippen LogP contribution in [0.25, 0.3) is 0 Å². The van der Waals surface area contributed by atoms with Gasteiger partial charge in [-0.2, -0.15) is 13.2 Å². The predicted molar refractivity (Wildman–Crippen MR) is 64.3 cm³/mol. The zero-order valence-corrected chi connectivity index (χ0v) is 10.3. The molecule has 0 saturated carbocycles. The molecule has 0 fully saturated rings. The molecule has 0 bridgehead atoms. The van der Waals surface area contributed by atoms with E-state index in [4.69, 9.17) is 4.74 Å². The first-order valence-corrected chi connectivity index (χ1v) is 5.78. The summed E-state index contributed by atoms with van der Waals surface area (Å²) in [5, 5.41) is 0. The number of carbonyl (C=O) groups excluding carboxylic acids is 1. The first kappa shape index (κ1) is 13.6. The van der Waals surface area contributed by atoms with Crippen molar-refractivity contribution in [2.45, 2.75) is 24.4 Å². The second-order valence-corrected chi connectivity index (χ2v) is 4.58. The molecule has 2 nitrogen and oxygen atoms in total. The molecular weight excluding hydrogens is 257 g/mol. The molecule has 0 spiro atoms. The van der Waals surface area contributed by atoms with Crippen molar-refractivity contribution in [3.63, 3.8) is 0 Å². The minimum absolute atomic E-state index is 0.369. The zero-order valence-electron chi connectivity index (χ0n) is 10.3. The van der Waals surface area contributed by atoms with E-state index in [0.717, 1.165) is 5.56 Å². The van der Waals surface area contributed by atoms with Crippen molar-refractivity contribution in [3.8, 4) is 5.75 Å². The highest BCUT2D eigenvalue weighted by molar-refractivity contribution is 5.75. The van der Waals surface area contributed by atoms with Crippen molar-refractivity contribution in [2.24, 2.45) is 0 Å². The fraction of sp³-hybridized carbons (Fsp3) is 0.357. The maximum Gasteiger partial charge on any atom is 0.390 e. The molecule has 5 heteroatoms. The minimum Gasteiger partial charge on any atom is -0.497 e. The molecule has 1 aliphatic rings. The molecule has 1 atom stereocenters. The molecule has 1 unspecified atom stereocenters. The number of methoxy groups -OCH3 is 1. The number of ether oxygens (including phenoxy) is 1. The molecule has 0 aliphatic heterocycles. The maximum absolute atomic E-state index is 12.7. The van der Waals surface area contributed by atoms with E-state index in [9.17, 15) is 18.0 Å². The molecule has 1 aliphatic carbocycles. The Morgan fingerprint density at radius 2 is 2.16 bits per heavy atom. The summed E-state index contributed by atoms with van der Waals surface area (Å²) in [6.07, 6.45) is -1.77. The van der Waals surface area contributed by atoms with Gasteiger partial charge in [-0.15, -0.1) is 0 Å². The Balaban J connectivity index is 2.54. The molecular formula is C14H13F3O2. The monoisotopic (exact) mass is 270 g/mol. The molecule has 0 radical (unpaired) electrons. The molecule has 0 saturated heterocycles. The van der Waals surface area contributed by atoms with Gasteiger partial charge in [0.25, 0.3) is 0 Å². The summed E-state index contributed by atoms with van der Waals surface area (Å²) >= 11 is 0. The Morgan fingerprint density at radius 1 is 1.42 bits per heavy atom. The summed E-state index contributed by atoms with van der Waals surface area (Å²) in [6.45, 7) is 0. The number of alkyl halides is 3. The van der Waals surface area contributed by atoms with E-state index in [1.807, 2.05) is 0 Å². The molecule has 1 aromatic rings. The molecule has 0 amide bonds. The molecule has 2 rings (SSSR count). The van der Waals surface area contributed by atoms with Gasteiger partial charge >= 0.3 is 6.18 Å². The summed E-state index contributed by atoms with van der Waals surface area (Å²) in [7, 11) is 1.44. The van der Waals surface area contributed by atoms with E-state index in [-0.39, 0.29) is 0 Å². The van der Waals surface area contributed by atoms with E-state index >= 15 is 0 Å². The molecule has 102 valence electrons. The van der Waals surface area contributed by atoms with Crippen LogP contribution in [0.3, 0.4) is 0 Å². The number of hydrogen-bond donors (Lipinski definition) is 0. The molecule has 0 heterocycles. The Hall–Kier alpha value is -1.78. The topological polar surface area (TPSA) is 26.3 Å². The molecule has 19 heavy (non-hydrogen) atoms. The smallest absolute Gasteiger partial charge is 0.390 e. The van der Waals surface area contributed by atoms with Crippen molar-refractivity contribution in [1.82, 2.24) is 0 Å². The van der Waals surface area contributed by atoms with Crippen LogP contribution in [0.1, 0.15) is 17.5 Å². The maximum atomic E-state index is 12.7. The van der Waals surface area contributed by atoms with E-state index in [0.29, 0.717) is 24.0 Å². The van der Waals surface area contributed by atoms with Crippen LogP contribution in [0.2, 0.25) is 0 Å². The van der Waals surface area contributed by atoms with Crippen molar-refractivity contribution in [3.05, 3.63) is 41.5 Å². The van der Waals surface area contributed by atoms with E-state index in [1.54, 1.807) is 18.2 Å². The van der Waals surface area contributed by atoms with Crippen molar-refractivity contribution in [2.75, 3.05) is 7.11 Å². The van der Waals surface area contributed by atoms with Gasteiger partial charge in [0, 0.05) is 0 Å². The summed E-state index contributed by atoms with van der Waals surface area (Å²) in [5.74, 6) is 0.447. The van der Waals surface area contributed by atoms with Crippen LogP contribution in [0.5, 0.6) is 5.75 Å². The lowest BCUT2D eigenvalue weighted by Gasteiger charge is -2.31. The Kier molecular flexibility index (Phi) is 3.39. The normalized spacial score (nSPS) is 21.9. The third-order valence-electron chi connectivity index (χ3n) is 3.27. The minimum atomic E-state index is -4.41. The Bertz CT molecular complexity index is 520. The van der Waals surface area contributed by atoms with Crippen LogP contribution >= 0.6 is 0 Å². The lowest BCUT2D eigenvalue weighted by atomic mass is 9.73. The van der Waals surface area contributed by atoms with Gasteiger partial charge in [-0.05, 0) is 29.7 Å². The second kappa shape index (κ2) is 4.72. The van der Waals surface area contributed by atoms with Gasteiger partial charge in [-0.3, -0.25) is 0 Å². The lowest BCUT2D eigenvalue weighted by molar-refractivity contribution is -0.149. The number of aldehydes is 1. The van der Waals surface area contributed by atoms with Crippen LogP contribution in [-0.4, -0.2) is 19.6 Å². The van der Waals surface area contributed by atoms with Gasteiger partial charge in [-0.25, -0.2) is 0 Å². The molecule has 1 aromatic carbocycles. The summed E-state index contributed by atoms with van der Waals surface area (Å²) in [4.78, 5) is 11.3. The SMILES string of the molecule is COc1ccc2c(c1)C(C=O)(CC(F)(F)F)C=CC2. The summed E-state index contributed by atoms with van der Waals surface area (Å²) < 4.78 is 43.2. The van der Waals surface area contributed by atoms with E-state index < -0.39 is 18.0 Å². The van der Waals surface area contributed by atoms with Gasteiger partial charge in [-0.1, -0.05) is 18.2 Å². The van der Waals surface area contributed by atoms with Gasteiger partial charge in [0.05, 0.1) is 18.9 Å². The zero-order chi connectivity index (χ0) is 14.1. The average Bonchev–Trinajstić information content (AvgIpc) is 2.37. The average molecular weight is 270 g/mol. The van der Waals surface area contributed by atoms with E-state index in [2.05, 4.69) is 0 Å². The third kappa shape index (κ3) is 2.64. The number of fused-ring (bicyclic) bond motifs is 1. The van der Waals surface area contributed by atoms with Crippen LogP contribution < -0.4 is 4.74 Å². The highest BCUT2D eigenvalue weighted by atomic mass is 19.4. The first-order valence-electron chi connectivity index (χ1n) is 5.78. The lowest BCUT2D eigenvalue weighted by Crippen LogP contribution is -2.34. The van der Waals surface area contributed by atoms with Crippen molar-refractivity contribution >= 4 is 6.29 Å². The quantitative estimate of drug-likeness (QED) is 0.623. The predicted octanol–water partition coefficient (Wildman–Crippen LogP) is 3.20. The van der Waals surface area contributed by atoms with Crippen LogP contribution in [-0.2, 0) is 16.6 Å². The largest absolute Gasteiger partial charge is 0.497 e. The fourth-order valence-electron chi connectivity index (χ4n) is 2.41. The number of rotatable bonds is 3. The van der Waals surface area contributed by atoms with Crippen LogP contribution in [0, 0.1) is 0 Å². The number of halogens is 3. The Morgan fingerprint density at radius 3 is 2.74 bits per heavy atom. The van der Waals surface area contributed by atoms with Crippen LogP contribution in [0.4, 0.5) is 13.2 Å². The fourth-order valence-corrected chi connectivity index (χ4v) is 2.41. The first-order chi connectivity index (χ1) is 8.90. The third-order valence-corrected chi connectivity index (χ3v) is 3.27. The van der Waals surface area contributed by atoms with Gasteiger partial charge in [0.15, 0.2) is 0 Å². The molecule has 0 N–H and O–H groups in total. The highest BCUT2D eigenvalue weighted by Crippen LogP contribution is 2.41. The van der Waals surface area contributed by atoms with Crippen molar-refractivity contribution in [1.29, 1.82) is 0 Å². The van der Waals surface area contributed by atoms with Crippen LogP contribution in [0.15, 0.2) is 30.4 Å². The number of carbonyl (C=O) groups is 1.